The fourth-order valence-electron chi connectivity index (χ4n) is 2.35. The predicted octanol–water partition coefficient (Wildman–Crippen LogP) is 4.50. The maximum atomic E-state index is 13.5. The molecule has 0 bridgehead atoms. The number of carbonyl (C=O) groups is 2. The summed E-state index contributed by atoms with van der Waals surface area (Å²) < 4.78 is 13.5. The van der Waals surface area contributed by atoms with Crippen LogP contribution in [0.25, 0.3) is 0 Å². The topological polar surface area (TPSA) is 70.6 Å². The van der Waals surface area contributed by atoms with Crippen LogP contribution in [0.3, 0.4) is 0 Å². The van der Waals surface area contributed by atoms with E-state index in [2.05, 4.69) is 15.8 Å². The first-order valence-electron chi connectivity index (χ1n) is 8.28. The van der Waals surface area contributed by atoms with Crippen LogP contribution in [0.5, 0.6) is 0 Å². The standard InChI is InChI=1S/C21H15ClFN3O2/c22-18-7-3-2-6-17(18)21(28)25-16-11-9-14(10-12-16)20(27)26-24-13-15-5-1-4-8-19(15)23/h1-13H,(H,25,28)(H,26,27)/b24-13+. The van der Waals surface area contributed by atoms with Gasteiger partial charge in [0, 0.05) is 16.8 Å². The summed E-state index contributed by atoms with van der Waals surface area (Å²) in [5.74, 6) is -1.24. The van der Waals surface area contributed by atoms with Crippen molar-refractivity contribution in [3.8, 4) is 0 Å². The summed E-state index contributed by atoms with van der Waals surface area (Å²) in [5, 5.41) is 6.81. The largest absolute Gasteiger partial charge is 0.322 e. The van der Waals surface area contributed by atoms with Crippen molar-refractivity contribution in [3.05, 3.63) is 100 Å². The third kappa shape index (κ3) is 4.81. The summed E-state index contributed by atoms with van der Waals surface area (Å²) >= 11 is 6.00. The van der Waals surface area contributed by atoms with Gasteiger partial charge in [-0.05, 0) is 42.5 Å². The number of hydrogen-bond donors (Lipinski definition) is 2. The lowest BCUT2D eigenvalue weighted by atomic mass is 10.1. The monoisotopic (exact) mass is 395 g/mol. The van der Waals surface area contributed by atoms with E-state index in [0.29, 0.717) is 21.8 Å². The Balaban J connectivity index is 1.61. The molecule has 140 valence electrons. The van der Waals surface area contributed by atoms with Crippen molar-refractivity contribution in [1.82, 2.24) is 5.43 Å². The Hall–Kier alpha value is -3.51. The number of halogens is 2. The molecule has 0 saturated carbocycles. The van der Waals surface area contributed by atoms with Gasteiger partial charge in [-0.1, -0.05) is 41.9 Å². The van der Waals surface area contributed by atoms with E-state index in [1.807, 2.05) is 0 Å². The maximum absolute atomic E-state index is 13.5. The molecule has 0 saturated heterocycles. The van der Waals surface area contributed by atoms with Crippen molar-refractivity contribution in [2.45, 2.75) is 0 Å². The van der Waals surface area contributed by atoms with Gasteiger partial charge in [0.2, 0.25) is 0 Å². The van der Waals surface area contributed by atoms with Gasteiger partial charge in [-0.3, -0.25) is 9.59 Å². The molecule has 0 fully saturated rings. The highest BCUT2D eigenvalue weighted by molar-refractivity contribution is 6.34. The van der Waals surface area contributed by atoms with Crippen LogP contribution in [0.15, 0.2) is 77.9 Å². The van der Waals surface area contributed by atoms with Crippen molar-refractivity contribution in [2.24, 2.45) is 5.10 Å². The number of amides is 2. The van der Waals surface area contributed by atoms with E-state index in [0.717, 1.165) is 0 Å². The van der Waals surface area contributed by atoms with Crippen molar-refractivity contribution in [3.63, 3.8) is 0 Å². The average Bonchev–Trinajstić information content (AvgIpc) is 2.70. The van der Waals surface area contributed by atoms with Gasteiger partial charge in [-0.15, -0.1) is 0 Å². The lowest BCUT2D eigenvalue weighted by Gasteiger charge is -2.07. The molecule has 2 amide bonds. The van der Waals surface area contributed by atoms with Gasteiger partial charge in [0.15, 0.2) is 0 Å². The molecule has 28 heavy (non-hydrogen) atoms. The normalized spacial score (nSPS) is 10.6. The summed E-state index contributed by atoms with van der Waals surface area (Å²) in [6.45, 7) is 0. The highest BCUT2D eigenvalue weighted by Crippen LogP contribution is 2.17. The first-order chi connectivity index (χ1) is 13.5. The summed E-state index contributed by atoms with van der Waals surface area (Å²) in [5.41, 5.74) is 3.79. The van der Waals surface area contributed by atoms with E-state index < -0.39 is 11.7 Å². The molecule has 0 spiro atoms. The highest BCUT2D eigenvalue weighted by atomic mass is 35.5. The minimum absolute atomic E-state index is 0.264. The van der Waals surface area contributed by atoms with Crippen LogP contribution < -0.4 is 10.7 Å². The zero-order chi connectivity index (χ0) is 19.9. The van der Waals surface area contributed by atoms with E-state index in [4.69, 9.17) is 11.6 Å². The SMILES string of the molecule is O=C(N/N=C/c1ccccc1F)c1ccc(NC(=O)c2ccccc2Cl)cc1. The molecular formula is C21H15ClFN3O2. The van der Waals surface area contributed by atoms with Crippen molar-refractivity contribution < 1.29 is 14.0 Å². The van der Waals surface area contributed by atoms with Crippen LogP contribution >= 0.6 is 11.6 Å². The molecule has 0 aliphatic rings. The number of nitrogens with zero attached hydrogens (tertiary/aromatic N) is 1. The van der Waals surface area contributed by atoms with Crippen molar-refractivity contribution in [2.75, 3.05) is 5.32 Å². The third-order valence-electron chi connectivity index (χ3n) is 3.80. The third-order valence-corrected chi connectivity index (χ3v) is 4.13. The van der Waals surface area contributed by atoms with E-state index >= 15 is 0 Å². The fraction of sp³-hybridized carbons (Fsp3) is 0. The number of benzene rings is 3. The Morgan fingerprint density at radius 2 is 1.57 bits per heavy atom. The Kier molecular flexibility index (Phi) is 6.14. The van der Waals surface area contributed by atoms with Crippen LogP contribution in [0, 0.1) is 5.82 Å². The van der Waals surface area contributed by atoms with Crippen molar-refractivity contribution in [1.29, 1.82) is 0 Å². The zero-order valence-corrected chi connectivity index (χ0v) is 15.3. The van der Waals surface area contributed by atoms with E-state index in [-0.39, 0.29) is 11.5 Å². The summed E-state index contributed by atoms with van der Waals surface area (Å²) in [6.07, 6.45) is 1.23. The van der Waals surface area contributed by atoms with Gasteiger partial charge in [0.25, 0.3) is 11.8 Å². The second kappa shape index (κ2) is 8.92. The van der Waals surface area contributed by atoms with Crippen LogP contribution in [-0.4, -0.2) is 18.0 Å². The van der Waals surface area contributed by atoms with Crippen LogP contribution in [0.1, 0.15) is 26.3 Å². The second-order valence-corrected chi connectivity index (χ2v) is 6.14. The van der Waals surface area contributed by atoms with E-state index in [1.54, 1.807) is 54.6 Å². The molecule has 0 aromatic heterocycles. The molecule has 0 unspecified atom stereocenters. The van der Waals surface area contributed by atoms with Crippen LogP contribution in [0.4, 0.5) is 10.1 Å². The average molecular weight is 396 g/mol. The maximum Gasteiger partial charge on any atom is 0.271 e. The van der Waals surface area contributed by atoms with Gasteiger partial charge in [-0.2, -0.15) is 5.10 Å². The molecular weight excluding hydrogens is 381 g/mol. The molecule has 0 aliphatic carbocycles. The summed E-state index contributed by atoms with van der Waals surface area (Å²) in [4.78, 5) is 24.3. The van der Waals surface area contributed by atoms with Crippen molar-refractivity contribution >= 4 is 35.3 Å². The first-order valence-corrected chi connectivity index (χ1v) is 8.66. The van der Waals surface area contributed by atoms with E-state index in [1.165, 1.54) is 24.4 Å². The minimum Gasteiger partial charge on any atom is -0.322 e. The molecule has 0 heterocycles. The fourth-order valence-corrected chi connectivity index (χ4v) is 2.58. The predicted molar refractivity (Wildman–Crippen MR) is 107 cm³/mol. The number of rotatable bonds is 5. The summed E-state index contributed by atoms with van der Waals surface area (Å²) in [6, 6.07) is 19.0. The van der Waals surface area contributed by atoms with Gasteiger partial charge in [0.1, 0.15) is 5.82 Å². The smallest absolute Gasteiger partial charge is 0.271 e. The Morgan fingerprint density at radius 1 is 0.893 bits per heavy atom. The zero-order valence-electron chi connectivity index (χ0n) is 14.5. The lowest BCUT2D eigenvalue weighted by molar-refractivity contribution is 0.0954. The van der Waals surface area contributed by atoms with Crippen LogP contribution in [-0.2, 0) is 0 Å². The number of carbonyl (C=O) groups excluding carboxylic acids is 2. The molecule has 3 rings (SSSR count). The number of hydrogen-bond acceptors (Lipinski definition) is 3. The Labute approximate surface area is 165 Å². The molecule has 3 aromatic rings. The van der Waals surface area contributed by atoms with Gasteiger partial charge in [-0.25, -0.2) is 9.82 Å². The number of nitrogens with one attached hydrogen (secondary N) is 2. The highest BCUT2D eigenvalue weighted by Gasteiger charge is 2.10. The number of hydrazone groups is 1. The molecule has 2 N–H and O–H groups in total. The molecule has 0 aliphatic heterocycles. The van der Waals surface area contributed by atoms with Gasteiger partial charge in [0.05, 0.1) is 16.8 Å². The quantitative estimate of drug-likeness (QED) is 0.493. The Bertz CT molecular complexity index is 1040. The lowest BCUT2D eigenvalue weighted by Crippen LogP contribution is -2.18. The molecule has 7 heteroatoms. The van der Waals surface area contributed by atoms with Gasteiger partial charge < -0.3 is 5.32 Å². The number of anilines is 1. The second-order valence-electron chi connectivity index (χ2n) is 5.73. The molecule has 5 nitrogen and oxygen atoms in total. The molecule has 0 atom stereocenters. The van der Waals surface area contributed by atoms with Crippen LogP contribution in [0.2, 0.25) is 5.02 Å². The summed E-state index contributed by atoms with van der Waals surface area (Å²) in [7, 11) is 0. The van der Waals surface area contributed by atoms with E-state index in [9.17, 15) is 14.0 Å². The first kappa shape index (κ1) is 19.3. The van der Waals surface area contributed by atoms with Gasteiger partial charge >= 0.3 is 0 Å². The molecule has 3 aromatic carbocycles. The minimum atomic E-state index is -0.462. The Morgan fingerprint density at radius 3 is 2.29 bits per heavy atom. The molecule has 0 radical (unpaired) electrons.